The summed E-state index contributed by atoms with van der Waals surface area (Å²) in [4.78, 5) is 4.06. The molecule has 80 valence electrons. The van der Waals surface area contributed by atoms with Crippen molar-refractivity contribution in [1.82, 2.24) is 14.9 Å². The van der Waals surface area contributed by atoms with Crippen LogP contribution in [0.4, 0.5) is 0 Å². The maximum absolute atomic E-state index is 8.80. The van der Waals surface area contributed by atoms with Gasteiger partial charge in [0, 0.05) is 7.05 Å². The van der Waals surface area contributed by atoms with Crippen LogP contribution in [0.15, 0.2) is 6.20 Å². The molecule has 3 N–H and O–H groups in total. The number of hydrogen-bond donors (Lipinski definition) is 3. The fourth-order valence-electron chi connectivity index (χ4n) is 1.01. The Labute approximate surface area is 87.3 Å². The molecule has 0 radical (unpaired) electrons. The molecule has 1 heterocycles. The summed E-state index contributed by atoms with van der Waals surface area (Å²) in [6.07, 6.45) is 1.56. The molecule has 0 spiro atoms. The fourth-order valence-corrected chi connectivity index (χ4v) is 1.16. The number of nitrogens with zero attached hydrogens (tertiary/aromatic N) is 2. The molecule has 0 atom stereocenters. The van der Waals surface area contributed by atoms with Gasteiger partial charge in [-0.1, -0.05) is 11.6 Å². The molecule has 6 heteroatoms. The van der Waals surface area contributed by atoms with E-state index in [0.717, 1.165) is 5.82 Å². The largest absolute Gasteiger partial charge is 0.395 e. The van der Waals surface area contributed by atoms with E-state index in [-0.39, 0.29) is 19.3 Å². The highest BCUT2D eigenvalue weighted by Gasteiger charge is 2.08. The molecule has 5 nitrogen and oxygen atoms in total. The van der Waals surface area contributed by atoms with Crippen molar-refractivity contribution in [3.8, 4) is 0 Å². The first-order valence-electron chi connectivity index (χ1n) is 4.30. The quantitative estimate of drug-likeness (QED) is 0.626. The summed E-state index contributed by atoms with van der Waals surface area (Å²) in [5.74, 6) is 0.766. The fraction of sp³-hybridized carbons (Fsp3) is 0.625. The summed E-state index contributed by atoms with van der Waals surface area (Å²) >= 11 is 5.79. The molecule has 0 saturated carbocycles. The van der Waals surface area contributed by atoms with Crippen molar-refractivity contribution in [2.75, 3.05) is 13.2 Å². The normalized spacial score (nSPS) is 11.2. The Bertz CT molecular complexity index is 286. The molecule has 0 amide bonds. The zero-order valence-corrected chi connectivity index (χ0v) is 8.70. The molecule has 0 fully saturated rings. The maximum atomic E-state index is 8.80. The average Bonchev–Trinajstić information content (AvgIpc) is 2.51. The standard InChI is InChI=1S/C8H14ClN3O2/c1-12-7(9)2-11-8(12)3-10-6(4-13)5-14/h2,6,10,13-14H,3-5H2,1H3. The number of aliphatic hydroxyl groups is 2. The second-order valence-corrected chi connectivity index (χ2v) is 3.39. The molecule has 0 saturated heterocycles. The highest BCUT2D eigenvalue weighted by molar-refractivity contribution is 6.29. The Morgan fingerprint density at radius 1 is 1.57 bits per heavy atom. The molecule has 0 aliphatic heterocycles. The first-order chi connectivity index (χ1) is 6.69. The molecule has 0 aliphatic carbocycles. The number of imidazole rings is 1. The first-order valence-corrected chi connectivity index (χ1v) is 4.68. The van der Waals surface area contributed by atoms with Gasteiger partial charge in [0.25, 0.3) is 0 Å². The van der Waals surface area contributed by atoms with E-state index in [2.05, 4.69) is 10.3 Å². The van der Waals surface area contributed by atoms with Gasteiger partial charge >= 0.3 is 0 Å². The van der Waals surface area contributed by atoms with Gasteiger partial charge in [0.1, 0.15) is 11.0 Å². The SMILES string of the molecule is Cn1c(Cl)cnc1CNC(CO)CO. The average molecular weight is 220 g/mol. The highest BCUT2D eigenvalue weighted by atomic mass is 35.5. The van der Waals surface area contributed by atoms with Crippen LogP contribution in [-0.2, 0) is 13.6 Å². The number of rotatable bonds is 5. The summed E-state index contributed by atoms with van der Waals surface area (Å²) in [6.45, 7) is 0.262. The van der Waals surface area contributed by atoms with Crippen molar-refractivity contribution in [3.63, 3.8) is 0 Å². The van der Waals surface area contributed by atoms with Crippen molar-refractivity contribution in [2.45, 2.75) is 12.6 Å². The summed E-state index contributed by atoms with van der Waals surface area (Å²) in [5.41, 5.74) is 0. The third-order valence-corrected chi connectivity index (χ3v) is 2.37. The summed E-state index contributed by atoms with van der Waals surface area (Å²) in [5, 5.41) is 21.1. The lowest BCUT2D eigenvalue weighted by Crippen LogP contribution is -2.35. The molecule has 0 aliphatic rings. The smallest absolute Gasteiger partial charge is 0.128 e. The van der Waals surface area contributed by atoms with Crippen molar-refractivity contribution in [1.29, 1.82) is 0 Å². The Morgan fingerprint density at radius 3 is 2.64 bits per heavy atom. The molecule has 0 bridgehead atoms. The molecular formula is C8H14ClN3O2. The molecule has 1 aromatic rings. The molecule has 1 rings (SSSR count). The highest BCUT2D eigenvalue weighted by Crippen LogP contribution is 2.08. The molecule has 0 unspecified atom stereocenters. The number of nitrogens with one attached hydrogen (secondary N) is 1. The number of hydrogen-bond acceptors (Lipinski definition) is 4. The van der Waals surface area contributed by atoms with Crippen LogP contribution < -0.4 is 5.32 Å². The first kappa shape index (κ1) is 11.5. The molecule has 14 heavy (non-hydrogen) atoms. The van der Waals surface area contributed by atoms with E-state index >= 15 is 0 Å². The van der Waals surface area contributed by atoms with Crippen molar-refractivity contribution in [2.24, 2.45) is 7.05 Å². The van der Waals surface area contributed by atoms with E-state index in [1.54, 1.807) is 17.8 Å². The second-order valence-electron chi connectivity index (χ2n) is 3.00. The van der Waals surface area contributed by atoms with E-state index in [4.69, 9.17) is 21.8 Å². The van der Waals surface area contributed by atoms with Crippen LogP contribution >= 0.6 is 11.6 Å². The van der Waals surface area contributed by atoms with Gasteiger partial charge < -0.3 is 20.1 Å². The van der Waals surface area contributed by atoms with Gasteiger partial charge in [0.05, 0.1) is 32.0 Å². The molecule has 1 aromatic heterocycles. The third kappa shape index (κ3) is 2.68. The topological polar surface area (TPSA) is 70.3 Å². The molecular weight excluding hydrogens is 206 g/mol. The predicted molar refractivity (Wildman–Crippen MR) is 53.0 cm³/mol. The van der Waals surface area contributed by atoms with Gasteiger partial charge in [-0.3, -0.25) is 0 Å². The van der Waals surface area contributed by atoms with Crippen LogP contribution in [0.25, 0.3) is 0 Å². The van der Waals surface area contributed by atoms with Crippen molar-refractivity contribution in [3.05, 3.63) is 17.2 Å². The van der Waals surface area contributed by atoms with Gasteiger partial charge in [-0.25, -0.2) is 4.98 Å². The zero-order chi connectivity index (χ0) is 10.6. The van der Waals surface area contributed by atoms with E-state index in [1.165, 1.54) is 0 Å². The van der Waals surface area contributed by atoms with Gasteiger partial charge in [0.15, 0.2) is 0 Å². The van der Waals surface area contributed by atoms with Crippen LogP contribution in [0.1, 0.15) is 5.82 Å². The Kier molecular flexibility index (Phi) is 4.34. The van der Waals surface area contributed by atoms with E-state index < -0.39 is 0 Å². The van der Waals surface area contributed by atoms with Gasteiger partial charge in [-0.2, -0.15) is 0 Å². The van der Waals surface area contributed by atoms with E-state index in [0.29, 0.717) is 11.7 Å². The van der Waals surface area contributed by atoms with Gasteiger partial charge in [-0.15, -0.1) is 0 Å². The lowest BCUT2D eigenvalue weighted by molar-refractivity contribution is 0.169. The minimum Gasteiger partial charge on any atom is -0.395 e. The van der Waals surface area contributed by atoms with Crippen LogP contribution in [0.2, 0.25) is 5.15 Å². The van der Waals surface area contributed by atoms with E-state index in [9.17, 15) is 0 Å². The zero-order valence-electron chi connectivity index (χ0n) is 7.94. The summed E-state index contributed by atoms with van der Waals surface area (Å²) in [6, 6.07) is -0.314. The third-order valence-electron chi connectivity index (χ3n) is 2.02. The minimum absolute atomic E-state index is 0.103. The predicted octanol–water partition coefficient (Wildman–Crippen LogP) is -0.484. The maximum Gasteiger partial charge on any atom is 0.128 e. The lowest BCUT2D eigenvalue weighted by atomic mass is 10.3. The van der Waals surface area contributed by atoms with Crippen molar-refractivity contribution < 1.29 is 10.2 Å². The monoisotopic (exact) mass is 219 g/mol. The Morgan fingerprint density at radius 2 is 2.21 bits per heavy atom. The minimum atomic E-state index is -0.314. The van der Waals surface area contributed by atoms with E-state index in [1.807, 2.05) is 0 Å². The lowest BCUT2D eigenvalue weighted by Gasteiger charge is -2.12. The second kappa shape index (κ2) is 5.31. The van der Waals surface area contributed by atoms with Gasteiger partial charge in [0.2, 0.25) is 0 Å². The Hall–Kier alpha value is -0.620. The van der Waals surface area contributed by atoms with Crippen LogP contribution in [0.3, 0.4) is 0 Å². The van der Waals surface area contributed by atoms with Crippen molar-refractivity contribution >= 4 is 11.6 Å². The number of halogens is 1. The number of aliphatic hydroxyl groups excluding tert-OH is 2. The summed E-state index contributed by atoms with van der Waals surface area (Å²) in [7, 11) is 1.80. The number of aromatic nitrogens is 2. The van der Waals surface area contributed by atoms with Gasteiger partial charge in [-0.05, 0) is 0 Å². The Balaban J connectivity index is 2.49. The van der Waals surface area contributed by atoms with Crippen LogP contribution in [0, 0.1) is 0 Å². The molecule has 0 aromatic carbocycles. The summed E-state index contributed by atoms with van der Waals surface area (Å²) < 4.78 is 1.74. The van der Waals surface area contributed by atoms with Crippen LogP contribution in [-0.4, -0.2) is 39.0 Å². The van der Waals surface area contributed by atoms with Crippen LogP contribution in [0.5, 0.6) is 0 Å².